The van der Waals surface area contributed by atoms with Crippen LogP contribution in [0.3, 0.4) is 0 Å². The molecular weight excluding hydrogens is 306 g/mol. The summed E-state index contributed by atoms with van der Waals surface area (Å²) in [4.78, 5) is 0. The number of hydrogen-bond donors (Lipinski definition) is 2. The molecule has 4 nitrogen and oxygen atoms in total. The Bertz CT molecular complexity index is 530. The minimum atomic E-state index is -0.826. The van der Waals surface area contributed by atoms with Crippen LogP contribution in [0.2, 0.25) is 0 Å². The van der Waals surface area contributed by atoms with Crippen LogP contribution in [0.25, 0.3) is 0 Å². The first-order chi connectivity index (χ1) is 8.56. The van der Waals surface area contributed by atoms with E-state index in [1.807, 2.05) is 0 Å². The molecule has 1 heterocycles. The van der Waals surface area contributed by atoms with E-state index < -0.39 is 17.7 Å². The molecule has 0 aliphatic carbocycles. The fourth-order valence-electron chi connectivity index (χ4n) is 1.83. The van der Waals surface area contributed by atoms with Crippen LogP contribution in [-0.2, 0) is 7.05 Å². The first-order valence-corrected chi connectivity index (χ1v) is 5.93. The van der Waals surface area contributed by atoms with Gasteiger partial charge in [-0.25, -0.2) is 14.2 Å². The van der Waals surface area contributed by atoms with Gasteiger partial charge in [0.2, 0.25) is 0 Å². The Morgan fingerprint density at radius 1 is 1.39 bits per heavy atom. The normalized spacial score (nSPS) is 12.7. The van der Waals surface area contributed by atoms with E-state index in [1.54, 1.807) is 13.2 Å². The maximum absolute atomic E-state index is 13.8. The van der Waals surface area contributed by atoms with Crippen molar-refractivity contribution in [2.24, 2.45) is 12.9 Å². The highest BCUT2D eigenvalue weighted by Gasteiger charge is 2.25. The molecule has 1 aromatic heterocycles. The molecule has 0 saturated carbocycles. The largest absolute Gasteiger partial charge is 0.271 e. The van der Waals surface area contributed by atoms with Crippen molar-refractivity contribution in [3.8, 4) is 0 Å². The van der Waals surface area contributed by atoms with Gasteiger partial charge in [0.25, 0.3) is 0 Å². The number of benzene rings is 1. The fourth-order valence-corrected chi connectivity index (χ4v) is 2.41. The van der Waals surface area contributed by atoms with Crippen molar-refractivity contribution in [1.29, 1.82) is 0 Å². The van der Waals surface area contributed by atoms with Gasteiger partial charge in [-0.1, -0.05) is 6.07 Å². The van der Waals surface area contributed by atoms with Gasteiger partial charge in [0.15, 0.2) is 0 Å². The Hall–Kier alpha value is -1.31. The lowest BCUT2D eigenvalue weighted by Crippen LogP contribution is -2.32. The quantitative estimate of drug-likeness (QED) is 0.673. The molecule has 0 amide bonds. The van der Waals surface area contributed by atoms with Crippen LogP contribution in [0, 0.1) is 11.6 Å². The molecule has 0 spiro atoms. The van der Waals surface area contributed by atoms with E-state index in [4.69, 9.17) is 5.84 Å². The average molecular weight is 317 g/mol. The third kappa shape index (κ3) is 2.16. The van der Waals surface area contributed by atoms with E-state index in [1.165, 1.54) is 22.9 Å². The van der Waals surface area contributed by atoms with Crippen molar-refractivity contribution in [2.45, 2.75) is 6.04 Å². The highest BCUT2D eigenvalue weighted by atomic mass is 79.9. The number of hydrogen-bond acceptors (Lipinski definition) is 3. The van der Waals surface area contributed by atoms with Gasteiger partial charge < -0.3 is 0 Å². The minimum absolute atomic E-state index is 0.135. The van der Waals surface area contributed by atoms with Gasteiger partial charge in [-0.2, -0.15) is 5.10 Å². The van der Waals surface area contributed by atoms with E-state index in [0.29, 0.717) is 10.2 Å². The molecular formula is C11H11BrF2N4. The second-order valence-corrected chi connectivity index (χ2v) is 4.59. The Balaban J connectivity index is 2.59. The van der Waals surface area contributed by atoms with Gasteiger partial charge in [0.05, 0.1) is 22.4 Å². The van der Waals surface area contributed by atoms with Crippen LogP contribution < -0.4 is 11.3 Å². The summed E-state index contributed by atoms with van der Waals surface area (Å²) >= 11 is 3.28. The van der Waals surface area contributed by atoms with E-state index in [-0.39, 0.29) is 5.56 Å². The van der Waals surface area contributed by atoms with Gasteiger partial charge >= 0.3 is 0 Å². The summed E-state index contributed by atoms with van der Waals surface area (Å²) in [6, 6.07) is 2.85. The summed E-state index contributed by atoms with van der Waals surface area (Å²) in [5.41, 5.74) is 2.82. The number of hydrazine groups is 1. The highest BCUT2D eigenvalue weighted by molar-refractivity contribution is 9.10. The van der Waals surface area contributed by atoms with Crippen molar-refractivity contribution in [3.63, 3.8) is 0 Å². The third-order valence-electron chi connectivity index (χ3n) is 2.67. The second kappa shape index (κ2) is 5.13. The number of aromatic nitrogens is 2. The third-order valence-corrected chi connectivity index (χ3v) is 3.28. The van der Waals surface area contributed by atoms with Crippen LogP contribution >= 0.6 is 15.9 Å². The Morgan fingerprint density at radius 2 is 2.00 bits per heavy atom. The van der Waals surface area contributed by atoms with Gasteiger partial charge in [-0.3, -0.25) is 10.5 Å². The molecule has 2 rings (SSSR count). The topological polar surface area (TPSA) is 55.9 Å². The van der Waals surface area contributed by atoms with Crippen molar-refractivity contribution < 1.29 is 8.78 Å². The van der Waals surface area contributed by atoms with Crippen LogP contribution in [0.4, 0.5) is 8.78 Å². The molecule has 0 radical (unpaired) electrons. The Labute approximate surface area is 111 Å². The van der Waals surface area contributed by atoms with Crippen LogP contribution in [-0.4, -0.2) is 9.78 Å². The molecule has 0 saturated heterocycles. The maximum atomic E-state index is 13.8. The zero-order valence-electron chi connectivity index (χ0n) is 9.49. The monoisotopic (exact) mass is 316 g/mol. The number of rotatable bonds is 3. The zero-order valence-corrected chi connectivity index (χ0v) is 11.1. The molecule has 0 aliphatic heterocycles. The molecule has 0 bridgehead atoms. The predicted molar refractivity (Wildman–Crippen MR) is 66.4 cm³/mol. The number of aryl methyl sites for hydroxylation is 1. The van der Waals surface area contributed by atoms with E-state index in [0.717, 1.165) is 0 Å². The summed E-state index contributed by atoms with van der Waals surface area (Å²) in [6.45, 7) is 0. The smallest absolute Gasteiger partial charge is 0.131 e. The number of halogens is 3. The van der Waals surface area contributed by atoms with Crippen molar-refractivity contribution >= 4 is 15.9 Å². The number of nitrogens with zero attached hydrogens (tertiary/aromatic N) is 2. The standard InChI is InChI=1S/C11H11BrF2N4/c1-18-11(6(12)5-16-18)10(17-15)9-7(13)3-2-4-8(9)14/h2-5,10,17H,15H2,1H3. The molecule has 2 aromatic rings. The lowest BCUT2D eigenvalue weighted by molar-refractivity contribution is 0.492. The average Bonchev–Trinajstić information content (AvgIpc) is 2.65. The van der Waals surface area contributed by atoms with E-state index in [2.05, 4.69) is 26.5 Å². The summed E-state index contributed by atoms with van der Waals surface area (Å²) in [5.74, 6) is 4.10. The summed E-state index contributed by atoms with van der Waals surface area (Å²) in [5, 5.41) is 4.00. The molecule has 1 atom stereocenters. The number of nitrogens with one attached hydrogen (secondary N) is 1. The SMILES string of the molecule is Cn1ncc(Br)c1C(NN)c1c(F)cccc1F. The van der Waals surface area contributed by atoms with Crippen LogP contribution in [0.15, 0.2) is 28.9 Å². The molecule has 3 N–H and O–H groups in total. The molecule has 1 unspecified atom stereocenters. The first-order valence-electron chi connectivity index (χ1n) is 5.13. The molecule has 0 aliphatic rings. The summed E-state index contributed by atoms with van der Waals surface area (Å²) < 4.78 is 29.6. The zero-order chi connectivity index (χ0) is 13.3. The molecule has 96 valence electrons. The van der Waals surface area contributed by atoms with Gasteiger partial charge in [-0.15, -0.1) is 0 Å². The van der Waals surface area contributed by atoms with Crippen LogP contribution in [0.1, 0.15) is 17.3 Å². The first kappa shape index (κ1) is 13.1. The van der Waals surface area contributed by atoms with Crippen LogP contribution in [0.5, 0.6) is 0 Å². The Kier molecular flexibility index (Phi) is 3.74. The minimum Gasteiger partial charge on any atom is -0.271 e. The predicted octanol–water partition coefficient (Wildman–Crippen LogP) is 2.01. The highest BCUT2D eigenvalue weighted by Crippen LogP contribution is 2.30. The lowest BCUT2D eigenvalue weighted by atomic mass is 10.0. The second-order valence-electron chi connectivity index (χ2n) is 3.74. The summed E-state index contributed by atoms with van der Waals surface area (Å²) in [6.07, 6.45) is 1.54. The molecule has 18 heavy (non-hydrogen) atoms. The van der Waals surface area contributed by atoms with Gasteiger partial charge in [0.1, 0.15) is 11.6 Å². The summed E-state index contributed by atoms with van der Waals surface area (Å²) in [7, 11) is 1.67. The van der Waals surface area contributed by atoms with Crippen molar-refractivity contribution in [2.75, 3.05) is 0 Å². The van der Waals surface area contributed by atoms with Gasteiger partial charge in [-0.05, 0) is 28.1 Å². The van der Waals surface area contributed by atoms with Crippen molar-refractivity contribution in [1.82, 2.24) is 15.2 Å². The maximum Gasteiger partial charge on any atom is 0.131 e. The lowest BCUT2D eigenvalue weighted by Gasteiger charge is -2.18. The Morgan fingerprint density at radius 3 is 2.44 bits per heavy atom. The number of nitrogens with two attached hydrogens (primary N) is 1. The fraction of sp³-hybridized carbons (Fsp3) is 0.182. The van der Waals surface area contributed by atoms with E-state index in [9.17, 15) is 8.78 Å². The molecule has 1 aromatic carbocycles. The van der Waals surface area contributed by atoms with E-state index >= 15 is 0 Å². The molecule has 0 fully saturated rings. The molecule has 7 heteroatoms. The van der Waals surface area contributed by atoms with Gasteiger partial charge in [0, 0.05) is 12.6 Å². The van der Waals surface area contributed by atoms with Crippen molar-refractivity contribution in [3.05, 3.63) is 51.8 Å².